The topological polar surface area (TPSA) is 117 Å². The van der Waals surface area contributed by atoms with Crippen LogP contribution in [0, 0.1) is 13.8 Å². The van der Waals surface area contributed by atoms with E-state index in [1.165, 1.54) is 24.3 Å². The highest BCUT2D eigenvalue weighted by Crippen LogP contribution is 2.14. The number of sulfonamides is 2. The van der Waals surface area contributed by atoms with E-state index in [0.29, 0.717) is 37.1 Å². The zero-order valence-electron chi connectivity index (χ0n) is 21.3. The van der Waals surface area contributed by atoms with Crippen LogP contribution in [-0.2, 0) is 32.9 Å². The molecule has 0 saturated carbocycles. The number of benzene rings is 3. The van der Waals surface area contributed by atoms with E-state index in [1.807, 2.05) is 38.1 Å². The van der Waals surface area contributed by atoms with Gasteiger partial charge in [0, 0.05) is 0 Å². The summed E-state index contributed by atoms with van der Waals surface area (Å²) in [4.78, 5) is 4.89. The van der Waals surface area contributed by atoms with Gasteiger partial charge in [-0.15, -0.1) is 0 Å². The quantitative estimate of drug-likeness (QED) is 0.442. The van der Waals surface area contributed by atoms with Crippen molar-refractivity contribution in [1.29, 1.82) is 0 Å². The van der Waals surface area contributed by atoms with Crippen molar-refractivity contribution in [2.45, 2.75) is 49.3 Å². The van der Waals surface area contributed by atoms with Crippen LogP contribution in [0.3, 0.4) is 0 Å². The Morgan fingerprint density at radius 2 is 0.868 bits per heavy atom. The highest BCUT2D eigenvalue weighted by molar-refractivity contribution is 7.89. The molecule has 0 saturated heterocycles. The molecule has 0 atom stereocenters. The smallest absolute Gasteiger partial charge is 0.200 e. The first-order valence-corrected chi connectivity index (χ1v) is 15.1. The Morgan fingerprint density at radius 1 is 0.526 bits per heavy atom. The molecule has 0 aromatic heterocycles. The van der Waals surface area contributed by atoms with E-state index in [1.54, 1.807) is 36.4 Å². The Morgan fingerprint density at radius 3 is 1.21 bits per heavy atom. The number of allylic oxidation sites excluding steroid dienone is 2. The minimum Gasteiger partial charge on any atom is -0.200 e. The van der Waals surface area contributed by atoms with E-state index < -0.39 is 20.0 Å². The summed E-state index contributed by atoms with van der Waals surface area (Å²) in [7, 11) is -7.69. The Bertz CT molecular complexity index is 1450. The Kier molecular flexibility index (Phi) is 8.43. The van der Waals surface area contributed by atoms with E-state index in [2.05, 4.69) is 19.9 Å². The third-order valence-electron chi connectivity index (χ3n) is 6.11. The summed E-state index contributed by atoms with van der Waals surface area (Å²) in [5.41, 5.74) is 5.09. The molecule has 3 aromatic carbocycles. The van der Waals surface area contributed by atoms with E-state index in [4.69, 9.17) is 0 Å². The zero-order valence-corrected chi connectivity index (χ0v) is 22.9. The fraction of sp³-hybridized carbons (Fsp3) is 0.214. The third-order valence-corrected chi connectivity index (χ3v) is 8.56. The second-order valence-corrected chi connectivity index (χ2v) is 12.5. The lowest BCUT2D eigenvalue weighted by atomic mass is 10.00. The minimum absolute atomic E-state index is 0.118. The van der Waals surface area contributed by atoms with Crippen molar-refractivity contribution in [2.24, 2.45) is 10.2 Å². The minimum atomic E-state index is -3.85. The summed E-state index contributed by atoms with van der Waals surface area (Å²) >= 11 is 0. The van der Waals surface area contributed by atoms with Gasteiger partial charge < -0.3 is 0 Å². The van der Waals surface area contributed by atoms with Crippen molar-refractivity contribution >= 4 is 31.5 Å². The average molecular weight is 551 g/mol. The van der Waals surface area contributed by atoms with Crippen LogP contribution in [0.2, 0.25) is 0 Å². The Hall–Kier alpha value is -3.76. The normalized spacial score (nSPS) is 16.7. The Labute approximate surface area is 224 Å². The maximum absolute atomic E-state index is 12.8. The molecular weight excluding hydrogens is 520 g/mol. The van der Waals surface area contributed by atoms with E-state index in [0.717, 1.165) is 22.3 Å². The molecule has 3 aromatic rings. The number of hydrogen-bond donors (Lipinski definition) is 2. The van der Waals surface area contributed by atoms with Gasteiger partial charge in [-0.3, -0.25) is 0 Å². The largest absolute Gasteiger partial charge is 0.276 e. The van der Waals surface area contributed by atoms with Gasteiger partial charge in [0.2, 0.25) is 0 Å². The van der Waals surface area contributed by atoms with Gasteiger partial charge in [0.05, 0.1) is 21.2 Å². The highest BCUT2D eigenvalue weighted by Gasteiger charge is 2.14. The molecule has 0 amide bonds. The number of hydrazone groups is 2. The number of aryl methyl sites for hydroxylation is 4. The SMILES string of the molecule is Cc1ccc(S(=O)(=O)NN=C2C=CC(=NNS(=O)(=O)c3ccc(C)cc3)CCc3ccc(cc3)CC2)cc1. The van der Waals surface area contributed by atoms with Crippen LogP contribution in [0.25, 0.3) is 0 Å². The molecular formula is C28H30N4O4S2. The molecule has 38 heavy (non-hydrogen) atoms. The zero-order chi connectivity index (χ0) is 27.2. The molecule has 2 N–H and O–H groups in total. The van der Waals surface area contributed by atoms with Crippen LogP contribution in [0.1, 0.15) is 35.1 Å². The number of nitrogens with one attached hydrogen (secondary N) is 2. The van der Waals surface area contributed by atoms with Crippen LogP contribution < -0.4 is 9.66 Å². The molecule has 10 heteroatoms. The number of hydrogen-bond acceptors (Lipinski definition) is 6. The van der Waals surface area contributed by atoms with Crippen molar-refractivity contribution in [3.8, 4) is 0 Å². The van der Waals surface area contributed by atoms with Crippen molar-refractivity contribution in [1.82, 2.24) is 9.66 Å². The first-order chi connectivity index (χ1) is 18.1. The highest BCUT2D eigenvalue weighted by atomic mass is 32.2. The van der Waals surface area contributed by atoms with Gasteiger partial charge >= 0.3 is 0 Å². The summed E-state index contributed by atoms with van der Waals surface area (Å²) < 4.78 is 51.0. The van der Waals surface area contributed by atoms with Crippen molar-refractivity contribution in [3.63, 3.8) is 0 Å². The van der Waals surface area contributed by atoms with Crippen LogP contribution in [-0.4, -0.2) is 28.3 Å². The maximum atomic E-state index is 12.8. The summed E-state index contributed by atoms with van der Waals surface area (Å²) in [6.07, 6.45) is 5.59. The lowest BCUT2D eigenvalue weighted by Crippen LogP contribution is -2.21. The number of nitrogens with zero attached hydrogens (tertiary/aromatic N) is 2. The maximum Gasteiger partial charge on any atom is 0.276 e. The van der Waals surface area contributed by atoms with Crippen molar-refractivity contribution < 1.29 is 16.8 Å². The fourth-order valence-electron chi connectivity index (χ4n) is 3.74. The molecule has 2 aliphatic carbocycles. The van der Waals surface area contributed by atoms with Gasteiger partial charge in [-0.25, -0.2) is 0 Å². The third kappa shape index (κ3) is 7.39. The summed E-state index contributed by atoms with van der Waals surface area (Å²) in [5.74, 6) is 0. The second kappa shape index (κ2) is 11.7. The van der Waals surface area contributed by atoms with Crippen LogP contribution in [0.15, 0.2) is 105 Å². The average Bonchev–Trinajstić information content (AvgIpc) is 2.89. The van der Waals surface area contributed by atoms with E-state index in [9.17, 15) is 16.8 Å². The molecule has 0 heterocycles. The monoisotopic (exact) mass is 550 g/mol. The van der Waals surface area contributed by atoms with Gasteiger partial charge in [-0.2, -0.15) is 36.7 Å². The molecule has 2 aliphatic rings. The van der Waals surface area contributed by atoms with Crippen molar-refractivity contribution in [3.05, 3.63) is 107 Å². The molecule has 0 aliphatic heterocycles. The molecule has 0 fully saturated rings. The number of rotatable bonds is 6. The van der Waals surface area contributed by atoms with E-state index in [-0.39, 0.29) is 9.79 Å². The molecule has 0 spiro atoms. The van der Waals surface area contributed by atoms with Gasteiger partial charge in [-0.1, -0.05) is 59.7 Å². The van der Waals surface area contributed by atoms with Crippen LogP contribution in [0.5, 0.6) is 0 Å². The molecule has 8 nitrogen and oxygen atoms in total. The number of fused-ring (bicyclic) bond motifs is 8. The predicted molar refractivity (Wildman–Crippen MR) is 150 cm³/mol. The van der Waals surface area contributed by atoms with Gasteiger partial charge in [0.15, 0.2) is 0 Å². The van der Waals surface area contributed by atoms with E-state index >= 15 is 0 Å². The van der Waals surface area contributed by atoms with Gasteiger partial charge in [0.25, 0.3) is 20.0 Å². The standard InChI is InChI=1S/C28H30N4O4S2/c1-21-3-17-27(18-4-21)37(33,34)31-29-25-13-11-23-7-9-24(10-8-23)12-14-26(16-15-25)30-32-38(35,36)28-19-5-22(2)6-20-28/h3-10,15-20,31-32H,11-14H2,1-2H3. The first-order valence-electron chi connectivity index (χ1n) is 12.2. The summed E-state index contributed by atoms with van der Waals surface area (Å²) in [6.45, 7) is 3.76. The molecule has 0 radical (unpaired) electrons. The Balaban J connectivity index is 1.61. The molecule has 5 rings (SSSR count). The summed E-state index contributed by atoms with van der Waals surface area (Å²) in [5, 5.41) is 8.39. The van der Waals surface area contributed by atoms with Crippen molar-refractivity contribution in [2.75, 3.05) is 0 Å². The summed E-state index contributed by atoms with van der Waals surface area (Å²) in [6, 6.07) is 21.1. The fourth-order valence-corrected chi connectivity index (χ4v) is 5.41. The van der Waals surface area contributed by atoms with Crippen LogP contribution in [0.4, 0.5) is 0 Å². The van der Waals surface area contributed by atoms with Gasteiger partial charge in [0.1, 0.15) is 0 Å². The predicted octanol–water partition coefficient (Wildman–Crippen LogP) is 4.41. The second-order valence-electron chi connectivity index (χ2n) is 9.17. The van der Waals surface area contributed by atoms with Gasteiger partial charge in [-0.05, 0) is 87.1 Å². The first kappa shape index (κ1) is 27.3. The molecule has 198 valence electrons. The lowest BCUT2D eigenvalue weighted by molar-refractivity contribution is 0.582. The van der Waals surface area contributed by atoms with Crippen LogP contribution >= 0.6 is 0 Å². The molecule has 2 bridgehead atoms. The lowest BCUT2D eigenvalue weighted by Gasteiger charge is -2.10. The molecule has 0 unspecified atom stereocenters.